The Hall–Kier alpha value is -2.02. The number of benzene rings is 1. The topological polar surface area (TPSA) is 37.3 Å². The van der Waals surface area contributed by atoms with Gasteiger partial charge in [-0.25, -0.2) is 0 Å². The van der Waals surface area contributed by atoms with Crippen LogP contribution in [0.25, 0.3) is 10.9 Å². The lowest BCUT2D eigenvalue weighted by Crippen LogP contribution is -2.45. The number of aromatic nitrogens is 1. The van der Waals surface area contributed by atoms with E-state index in [0.717, 1.165) is 34.5 Å². The lowest BCUT2D eigenvalue weighted by molar-refractivity contribution is -0.182. The number of hydrogen-bond donors (Lipinski definition) is 1. The van der Waals surface area contributed by atoms with E-state index in [1.165, 1.54) is 0 Å². The van der Waals surface area contributed by atoms with Crippen LogP contribution >= 0.6 is 0 Å². The number of alkyl halides is 3. The van der Waals surface area contributed by atoms with Crippen LogP contribution in [-0.2, 0) is 11.3 Å². The molecule has 25 heavy (non-hydrogen) atoms. The number of likely N-dealkylation sites (tertiary alicyclic amines) is 1. The van der Waals surface area contributed by atoms with Crippen LogP contribution in [0.1, 0.15) is 24.3 Å². The van der Waals surface area contributed by atoms with E-state index in [0.29, 0.717) is 12.3 Å². The molecule has 0 aliphatic carbocycles. The summed E-state index contributed by atoms with van der Waals surface area (Å²) in [6.07, 6.45) is -2.01. The highest BCUT2D eigenvalue weighted by atomic mass is 19.4. The zero-order valence-corrected chi connectivity index (χ0v) is 13.7. The summed E-state index contributed by atoms with van der Waals surface area (Å²) in [5.74, 6) is -0.0603. The van der Waals surface area contributed by atoms with Crippen LogP contribution in [0.15, 0.2) is 30.5 Å². The van der Waals surface area contributed by atoms with Crippen LogP contribution in [0.5, 0.6) is 0 Å². The zero-order valence-electron chi connectivity index (χ0n) is 13.7. The number of rotatable bonds is 3. The van der Waals surface area contributed by atoms with Crippen LogP contribution in [-0.4, -0.2) is 47.2 Å². The largest absolute Gasteiger partial charge is 0.408 e. The van der Waals surface area contributed by atoms with Gasteiger partial charge in [0.05, 0.1) is 0 Å². The van der Waals surface area contributed by atoms with Crippen LogP contribution in [0.2, 0.25) is 0 Å². The Morgan fingerprint density at radius 2 is 2.00 bits per heavy atom. The summed E-state index contributed by atoms with van der Waals surface area (Å²) >= 11 is 0. The Labute approximate surface area is 143 Å². The van der Waals surface area contributed by atoms with Gasteiger partial charge in [-0.2, -0.15) is 13.2 Å². The van der Waals surface area contributed by atoms with Gasteiger partial charge in [-0.1, -0.05) is 18.2 Å². The monoisotopic (exact) mass is 351 g/mol. The molecule has 3 heterocycles. The fourth-order valence-electron chi connectivity index (χ4n) is 3.88. The van der Waals surface area contributed by atoms with Crippen molar-refractivity contribution in [2.45, 2.75) is 37.5 Å². The average Bonchev–Trinajstić information content (AvgIpc) is 3.12. The molecule has 1 aromatic heterocycles. The SMILES string of the molecule is O=C(Cn1cc(C2CNC2)c2ccccc21)N1CCC[C@H]1C(F)(F)F. The summed E-state index contributed by atoms with van der Waals surface area (Å²) in [4.78, 5) is 13.6. The minimum absolute atomic E-state index is 0.000655. The van der Waals surface area contributed by atoms with Gasteiger partial charge in [0, 0.05) is 42.7 Å². The number of amides is 1. The van der Waals surface area contributed by atoms with E-state index < -0.39 is 18.1 Å². The summed E-state index contributed by atoms with van der Waals surface area (Å²) in [7, 11) is 0. The highest BCUT2D eigenvalue weighted by Gasteiger charge is 2.47. The van der Waals surface area contributed by atoms with Gasteiger partial charge in [0.25, 0.3) is 0 Å². The number of halogens is 3. The first-order valence-corrected chi connectivity index (χ1v) is 8.60. The third-order valence-electron chi connectivity index (χ3n) is 5.30. The molecule has 1 N–H and O–H groups in total. The maximum atomic E-state index is 13.1. The van der Waals surface area contributed by atoms with Crippen LogP contribution < -0.4 is 5.32 Å². The number of nitrogens with one attached hydrogen (secondary N) is 1. The van der Waals surface area contributed by atoms with Crippen molar-refractivity contribution in [1.29, 1.82) is 0 Å². The quantitative estimate of drug-likeness (QED) is 0.923. The number of carbonyl (C=O) groups excluding carboxylic acids is 1. The van der Waals surface area contributed by atoms with Crippen molar-refractivity contribution in [2.24, 2.45) is 0 Å². The van der Waals surface area contributed by atoms with Crippen LogP contribution in [0, 0.1) is 0 Å². The molecule has 1 atom stereocenters. The molecule has 0 unspecified atom stereocenters. The maximum absolute atomic E-state index is 13.1. The van der Waals surface area contributed by atoms with Crippen LogP contribution in [0.3, 0.4) is 0 Å². The summed E-state index contributed by atoms with van der Waals surface area (Å²) < 4.78 is 41.2. The van der Waals surface area contributed by atoms with E-state index >= 15 is 0 Å². The molecular weight excluding hydrogens is 331 g/mol. The minimum Gasteiger partial charge on any atom is -0.338 e. The van der Waals surface area contributed by atoms with Gasteiger partial charge in [0.15, 0.2) is 0 Å². The van der Waals surface area contributed by atoms with Crippen molar-refractivity contribution in [3.05, 3.63) is 36.0 Å². The molecule has 2 saturated heterocycles. The Bertz CT molecular complexity index is 794. The molecule has 7 heteroatoms. The van der Waals surface area contributed by atoms with E-state index in [2.05, 4.69) is 5.32 Å². The highest BCUT2D eigenvalue weighted by molar-refractivity contribution is 5.87. The first kappa shape index (κ1) is 16.4. The molecule has 134 valence electrons. The molecule has 0 radical (unpaired) electrons. The summed E-state index contributed by atoms with van der Waals surface area (Å²) in [6.45, 7) is 1.92. The van der Waals surface area contributed by atoms with Crippen molar-refractivity contribution < 1.29 is 18.0 Å². The molecular formula is C18H20F3N3O. The lowest BCUT2D eigenvalue weighted by atomic mass is 9.93. The van der Waals surface area contributed by atoms with E-state index in [4.69, 9.17) is 0 Å². The molecule has 4 rings (SSSR count). The van der Waals surface area contributed by atoms with Crippen molar-refractivity contribution in [3.8, 4) is 0 Å². The van der Waals surface area contributed by atoms with Crippen molar-refractivity contribution in [2.75, 3.05) is 19.6 Å². The average molecular weight is 351 g/mol. The summed E-state index contributed by atoms with van der Waals surface area (Å²) in [5, 5.41) is 4.31. The number of para-hydroxylation sites is 1. The fraction of sp³-hybridized carbons (Fsp3) is 0.500. The van der Waals surface area contributed by atoms with Gasteiger partial charge in [-0.3, -0.25) is 4.79 Å². The smallest absolute Gasteiger partial charge is 0.338 e. The molecule has 1 amide bonds. The molecule has 2 aliphatic heterocycles. The van der Waals surface area contributed by atoms with Gasteiger partial charge in [0.2, 0.25) is 5.91 Å². The van der Waals surface area contributed by atoms with E-state index in [1.54, 1.807) is 4.57 Å². The molecule has 2 aliphatic rings. The summed E-state index contributed by atoms with van der Waals surface area (Å²) in [6, 6.07) is 6.13. The maximum Gasteiger partial charge on any atom is 0.408 e. The second kappa shape index (κ2) is 6.05. The van der Waals surface area contributed by atoms with Gasteiger partial charge < -0.3 is 14.8 Å². The third kappa shape index (κ3) is 2.90. The highest BCUT2D eigenvalue weighted by Crippen LogP contribution is 2.34. The van der Waals surface area contributed by atoms with Gasteiger partial charge in [0.1, 0.15) is 12.6 Å². The second-order valence-corrected chi connectivity index (χ2v) is 6.87. The van der Waals surface area contributed by atoms with Gasteiger partial charge in [-0.15, -0.1) is 0 Å². The zero-order chi connectivity index (χ0) is 17.6. The van der Waals surface area contributed by atoms with Crippen molar-refractivity contribution >= 4 is 16.8 Å². The third-order valence-corrected chi connectivity index (χ3v) is 5.30. The first-order chi connectivity index (χ1) is 11.9. The number of carbonyl (C=O) groups is 1. The lowest BCUT2D eigenvalue weighted by Gasteiger charge is -2.27. The Balaban J connectivity index is 1.61. The molecule has 0 bridgehead atoms. The molecule has 2 aromatic rings. The number of fused-ring (bicyclic) bond motifs is 1. The predicted octanol–water partition coefficient (Wildman–Crippen LogP) is 2.88. The van der Waals surface area contributed by atoms with Gasteiger partial charge >= 0.3 is 6.18 Å². The second-order valence-electron chi connectivity index (χ2n) is 6.87. The van der Waals surface area contributed by atoms with Crippen LogP contribution in [0.4, 0.5) is 13.2 Å². The minimum atomic E-state index is -4.35. The summed E-state index contributed by atoms with van der Waals surface area (Å²) in [5.41, 5.74) is 2.07. The first-order valence-electron chi connectivity index (χ1n) is 8.60. The normalized spacial score (nSPS) is 21.7. The van der Waals surface area contributed by atoms with Gasteiger partial charge in [-0.05, 0) is 24.5 Å². The Morgan fingerprint density at radius 3 is 2.68 bits per heavy atom. The van der Waals surface area contributed by atoms with E-state index in [1.807, 2.05) is 30.5 Å². The molecule has 4 nitrogen and oxygen atoms in total. The van der Waals surface area contributed by atoms with E-state index in [9.17, 15) is 18.0 Å². The molecule has 0 spiro atoms. The molecule has 1 aromatic carbocycles. The Kier molecular flexibility index (Phi) is 3.98. The fourth-order valence-corrected chi connectivity index (χ4v) is 3.88. The molecule has 0 saturated carbocycles. The number of nitrogens with zero attached hydrogens (tertiary/aromatic N) is 2. The number of hydrogen-bond acceptors (Lipinski definition) is 2. The molecule has 2 fully saturated rings. The van der Waals surface area contributed by atoms with E-state index in [-0.39, 0.29) is 19.5 Å². The standard InChI is InChI=1S/C18H20F3N3O/c19-18(20,21)16-6-3-7-24(16)17(25)11-23-10-14(12-8-22-9-12)13-4-1-2-5-15(13)23/h1-2,4-5,10,12,16,22H,3,6-9,11H2/t16-/m0/s1. The van der Waals surface area contributed by atoms with Crippen molar-refractivity contribution in [3.63, 3.8) is 0 Å². The van der Waals surface area contributed by atoms with Crippen molar-refractivity contribution in [1.82, 2.24) is 14.8 Å². The Morgan fingerprint density at radius 1 is 1.24 bits per heavy atom. The predicted molar refractivity (Wildman–Crippen MR) is 88.3 cm³/mol.